The molecule has 1 aliphatic rings. The maximum atomic E-state index is 6.01. The summed E-state index contributed by atoms with van der Waals surface area (Å²) in [4.78, 5) is 0. The van der Waals surface area contributed by atoms with E-state index in [0.717, 1.165) is 5.75 Å². The Labute approximate surface area is 153 Å². The van der Waals surface area contributed by atoms with Gasteiger partial charge in [-0.2, -0.15) is 0 Å². The molecule has 25 heavy (non-hydrogen) atoms. The Kier molecular flexibility index (Phi) is 5.22. The first-order valence-corrected chi connectivity index (χ1v) is 9.66. The molecule has 0 radical (unpaired) electrons. The first-order chi connectivity index (χ1) is 11.8. The van der Waals surface area contributed by atoms with Crippen LogP contribution in [0.2, 0.25) is 0 Å². The largest absolute Gasteiger partial charge is 0.489 e. The lowest BCUT2D eigenvalue weighted by molar-refractivity contribution is 0.279. The van der Waals surface area contributed by atoms with Gasteiger partial charge in [0.25, 0.3) is 0 Å². The second-order valence-corrected chi connectivity index (χ2v) is 9.01. The van der Waals surface area contributed by atoms with Crippen LogP contribution in [0.15, 0.2) is 42.5 Å². The van der Waals surface area contributed by atoms with Gasteiger partial charge in [-0.15, -0.1) is 0 Å². The van der Waals surface area contributed by atoms with Crippen molar-refractivity contribution in [2.24, 2.45) is 11.3 Å². The third kappa shape index (κ3) is 4.45. The van der Waals surface area contributed by atoms with Crippen LogP contribution in [0.3, 0.4) is 0 Å². The summed E-state index contributed by atoms with van der Waals surface area (Å²) in [5, 5.41) is 0. The van der Waals surface area contributed by atoms with Gasteiger partial charge in [0.1, 0.15) is 12.4 Å². The van der Waals surface area contributed by atoms with Crippen LogP contribution in [0.25, 0.3) is 0 Å². The van der Waals surface area contributed by atoms with Crippen LogP contribution >= 0.6 is 0 Å². The lowest BCUT2D eigenvalue weighted by Crippen LogP contribution is -2.20. The summed E-state index contributed by atoms with van der Waals surface area (Å²) >= 11 is 0. The predicted octanol–water partition coefficient (Wildman–Crippen LogP) is 6.54. The van der Waals surface area contributed by atoms with E-state index in [9.17, 15) is 0 Å². The SMILES string of the molecule is CC(C)CC(c1ccc(OCc2ccc3c(c2)CC3)cc1)C(C)(C)C. The molecule has 1 atom stereocenters. The number of aryl methyl sites for hydroxylation is 2. The molecule has 0 amide bonds. The molecule has 0 aliphatic heterocycles. The van der Waals surface area contributed by atoms with Gasteiger partial charge in [-0.05, 0) is 70.9 Å². The van der Waals surface area contributed by atoms with Gasteiger partial charge in [0, 0.05) is 0 Å². The van der Waals surface area contributed by atoms with E-state index in [1.165, 1.54) is 41.5 Å². The highest BCUT2D eigenvalue weighted by Gasteiger charge is 2.26. The molecule has 3 rings (SSSR count). The smallest absolute Gasteiger partial charge is 0.119 e. The number of hydrogen-bond donors (Lipinski definition) is 0. The zero-order valence-corrected chi connectivity index (χ0v) is 16.4. The Balaban J connectivity index is 1.65. The van der Waals surface area contributed by atoms with Crippen LogP contribution < -0.4 is 4.74 Å². The monoisotopic (exact) mass is 336 g/mol. The molecule has 0 spiro atoms. The zero-order chi connectivity index (χ0) is 18.0. The Bertz CT molecular complexity index is 704. The highest BCUT2D eigenvalue weighted by Crippen LogP contribution is 2.40. The van der Waals surface area contributed by atoms with E-state index < -0.39 is 0 Å². The summed E-state index contributed by atoms with van der Waals surface area (Å²) in [6.07, 6.45) is 3.68. The molecule has 1 aliphatic carbocycles. The van der Waals surface area contributed by atoms with Crippen molar-refractivity contribution in [1.82, 2.24) is 0 Å². The van der Waals surface area contributed by atoms with Crippen LogP contribution in [0, 0.1) is 11.3 Å². The average molecular weight is 337 g/mol. The van der Waals surface area contributed by atoms with Crippen LogP contribution in [-0.4, -0.2) is 0 Å². The number of benzene rings is 2. The van der Waals surface area contributed by atoms with Crippen molar-refractivity contribution in [3.8, 4) is 5.75 Å². The lowest BCUT2D eigenvalue weighted by atomic mass is 9.72. The summed E-state index contributed by atoms with van der Waals surface area (Å²) in [5.41, 5.74) is 5.98. The van der Waals surface area contributed by atoms with Crippen molar-refractivity contribution in [3.63, 3.8) is 0 Å². The van der Waals surface area contributed by atoms with Gasteiger partial charge < -0.3 is 4.74 Å². The third-order valence-electron chi connectivity index (χ3n) is 5.37. The van der Waals surface area contributed by atoms with E-state index in [0.29, 0.717) is 18.4 Å². The summed E-state index contributed by atoms with van der Waals surface area (Å²) < 4.78 is 6.01. The molecular weight excluding hydrogens is 304 g/mol. The topological polar surface area (TPSA) is 9.23 Å². The molecule has 1 unspecified atom stereocenters. The van der Waals surface area contributed by atoms with Crippen LogP contribution in [0.1, 0.15) is 69.2 Å². The molecule has 0 aromatic heterocycles. The van der Waals surface area contributed by atoms with Gasteiger partial charge in [-0.25, -0.2) is 0 Å². The fourth-order valence-electron chi connectivity index (χ4n) is 3.76. The molecule has 1 nitrogen and oxygen atoms in total. The summed E-state index contributed by atoms with van der Waals surface area (Å²) in [6, 6.07) is 15.5. The minimum absolute atomic E-state index is 0.276. The van der Waals surface area contributed by atoms with Gasteiger partial charge >= 0.3 is 0 Å². The molecule has 0 saturated heterocycles. The molecular formula is C24H32O. The standard InChI is InChI=1S/C24H32O/c1-17(2)14-23(24(3,4)5)20-10-12-22(13-11-20)25-16-18-6-7-19-8-9-21(19)15-18/h6-7,10-13,15,17,23H,8-9,14,16H2,1-5H3. The van der Waals surface area contributed by atoms with E-state index in [1.54, 1.807) is 0 Å². The first kappa shape index (κ1) is 18.0. The highest BCUT2D eigenvalue weighted by atomic mass is 16.5. The Morgan fingerprint density at radius 2 is 1.60 bits per heavy atom. The van der Waals surface area contributed by atoms with Gasteiger partial charge in [0.15, 0.2) is 0 Å². The molecule has 0 fully saturated rings. The number of ether oxygens (including phenoxy) is 1. The zero-order valence-electron chi connectivity index (χ0n) is 16.4. The van der Waals surface area contributed by atoms with Crippen molar-refractivity contribution >= 4 is 0 Å². The maximum absolute atomic E-state index is 6.01. The quantitative estimate of drug-likeness (QED) is 0.582. The van der Waals surface area contributed by atoms with E-state index in [1.807, 2.05) is 0 Å². The molecule has 2 aromatic rings. The molecule has 1 heteroatoms. The maximum Gasteiger partial charge on any atom is 0.119 e. The fraction of sp³-hybridized carbons (Fsp3) is 0.500. The fourth-order valence-corrected chi connectivity index (χ4v) is 3.76. The summed E-state index contributed by atoms with van der Waals surface area (Å²) in [6.45, 7) is 12.3. The second kappa shape index (κ2) is 7.23. The lowest BCUT2D eigenvalue weighted by Gasteiger charge is -2.32. The highest BCUT2D eigenvalue weighted by molar-refractivity contribution is 5.38. The average Bonchev–Trinajstić information content (AvgIpc) is 2.52. The van der Waals surface area contributed by atoms with Gasteiger partial charge in [-0.1, -0.05) is 65.0 Å². The first-order valence-electron chi connectivity index (χ1n) is 9.66. The van der Waals surface area contributed by atoms with Gasteiger partial charge in [0.05, 0.1) is 0 Å². The van der Waals surface area contributed by atoms with E-state index in [-0.39, 0.29) is 5.41 Å². The Hall–Kier alpha value is -1.76. The Morgan fingerprint density at radius 3 is 2.12 bits per heavy atom. The van der Waals surface area contributed by atoms with Crippen LogP contribution in [-0.2, 0) is 19.4 Å². The van der Waals surface area contributed by atoms with Gasteiger partial charge in [0.2, 0.25) is 0 Å². The molecule has 134 valence electrons. The number of fused-ring (bicyclic) bond motifs is 1. The molecule has 2 aromatic carbocycles. The number of hydrogen-bond acceptors (Lipinski definition) is 1. The summed E-state index contributed by atoms with van der Waals surface area (Å²) in [5.74, 6) is 2.24. The summed E-state index contributed by atoms with van der Waals surface area (Å²) in [7, 11) is 0. The molecule has 0 N–H and O–H groups in total. The van der Waals surface area contributed by atoms with Crippen molar-refractivity contribution in [3.05, 3.63) is 64.7 Å². The Morgan fingerprint density at radius 1 is 0.920 bits per heavy atom. The molecule has 0 heterocycles. The van der Waals surface area contributed by atoms with Crippen LogP contribution in [0.5, 0.6) is 5.75 Å². The minimum atomic E-state index is 0.276. The van der Waals surface area contributed by atoms with E-state index in [2.05, 4.69) is 77.1 Å². The minimum Gasteiger partial charge on any atom is -0.489 e. The van der Waals surface area contributed by atoms with Gasteiger partial charge in [-0.3, -0.25) is 0 Å². The predicted molar refractivity (Wildman–Crippen MR) is 106 cm³/mol. The number of rotatable bonds is 6. The van der Waals surface area contributed by atoms with Crippen LogP contribution in [0.4, 0.5) is 0 Å². The third-order valence-corrected chi connectivity index (χ3v) is 5.37. The van der Waals surface area contributed by atoms with Crippen molar-refractivity contribution in [2.75, 3.05) is 0 Å². The van der Waals surface area contributed by atoms with Crippen molar-refractivity contribution in [1.29, 1.82) is 0 Å². The van der Waals surface area contributed by atoms with E-state index >= 15 is 0 Å². The van der Waals surface area contributed by atoms with E-state index in [4.69, 9.17) is 4.74 Å². The molecule has 0 saturated carbocycles. The second-order valence-electron chi connectivity index (χ2n) is 9.01. The normalized spacial score (nSPS) is 14.8. The van der Waals surface area contributed by atoms with Crippen molar-refractivity contribution in [2.45, 2.75) is 66.4 Å². The molecule has 0 bridgehead atoms. The van der Waals surface area contributed by atoms with Crippen molar-refractivity contribution < 1.29 is 4.74 Å².